The zero-order valence-electron chi connectivity index (χ0n) is 30.7. The van der Waals surface area contributed by atoms with Crippen molar-refractivity contribution in [3.63, 3.8) is 0 Å². The smallest absolute Gasteiger partial charge is 0.407 e. The van der Waals surface area contributed by atoms with Crippen LogP contribution in [0.25, 0.3) is 33.6 Å². The lowest BCUT2D eigenvalue weighted by atomic mass is 10.0. The second-order valence-corrected chi connectivity index (χ2v) is 14.5. The van der Waals surface area contributed by atoms with Crippen molar-refractivity contribution in [3.05, 3.63) is 108 Å². The van der Waals surface area contributed by atoms with Crippen molar-refractivity contribution in [2.24, 2.45) is 0 Å². The van der Waals surface area contributed by atoms with Crippen molar-refractivity contribution in [2.75, 3.05) is 33.8 Å². The quantitative estimate of drug-likeness (QED) is 0.155. The second-order valence-electron chi connectivity index (χ2n) is 14.5. The zero-order valence-corrected chi connectivity index (χ0v) is 30.7. The van der Waals surface area contributed by atoms with Crippen LogP contribution in [-0.4, -0.2) is 92.4 Å². The number of likely N-dealkylation sites (tertiary alicyclic amines) is 3. The molecular weight excluding hydrogens is 681 g/mol. The molecule has 0 bridgehead atoms. The van der Waals surface area contributed by atoms with E-state index in [2.05, 4.69) is 68.7 Å². The Balaban J connectivity index is 0.928. The molecule has 4 atom stereocenters. The summed E-state index contributed by atoms with van der Waals surface area (Å²) < 4.78 is 4.83. The van der Waals surface area contributed by atoms with Gasteiger partial charge < -0.3 is 29.8 Å². The summed E-state index contributed by atoms with van der Waals surface area (Å²) in [6.07, 6.45) is 8.55. The molecule has 5 aromatic rings. The van der Waals surface area contributed by atoms with Gasteiger partial charge in [0.2, 0.25) is 5.91 Å². The molecule has 2 aromatic heterocycles. The molecule has 3 aromatic carbocycles. The van der Waals surface area contributed by atoms with E-state index < -0.39 is 12.1 Å². The Morgan fingerprint density at radius 1 is 0.704 bits per heavy atom. The number of likely N-dealkylation sites (N-methyl/N-ethyl adjacent to an activating group) is 1. The summed E-state index contributed by atoms with van der Waals surface area (Å²) in [6, 6.07) is 24.9. The van der Waals surface area contributed by atoms with Gasteiger partial charge in [-0.15, -0.1) is 0 Å². The number of amides is 3. The number of imidazole rings is 2. The third kappa shape index (κ3) is 7.01. The van der Waals surface area contributed by atoms with E-state index in [4.69, 9.17) is 14.7 Å². The zero-order chi connectivity index (χ0) is 37.2. The minimum absolute atomic E-state index is 0.00841. The van der Waals surface area contributed by atoms with Crippen molar-refractivity contribution < 1.29 is 19.1 Å². The maximum Gasteiger partial charge on any atom is 0.407 e. The van der Waals surface area contributed by atoms with E-state index in [9.17, 15) is 14.4 Å². The van der Waals surface area contributed by atoms with Crippen LogP contribution in [0.3, 0.4) is 0 Å². The van der Waals surface area contributed by atoms with E-state index in [0.717, 1.165) is 96.9 Å². The molecule has 8 rings (SSSR count). The number of aromatic amines is 2. The van der Waals surface area contributed by atoms with Gasteiger partial charge in [0.15, 0.2) is 0 Å². The molecule has 54 heavy (non-hydrogen) atoms. The molecule has 12 heteroatoms. The molecule has 3 fully saturated rings. The minimum Gasteiger partial charge on any atom is -0.453 e. The third-order valence-corrected chi connectivity index (χ3v) is 11.3. The molecule has 3 aliphatic heterocycles. The van der Waals surface area contributed by atoms with Crippen LogP contribution in [0.15, 0.2) is 91.3 Å². The number of methoxy groups -OCH3 is 1. The van der Waals surface area contributed by atoms with Gasteiger partial charge in [-0.2, -0.15) is 0 Å². The van der Waals surface area contributed by atoms with E-state index in [-0.39, 0.29) is 29.9 Å². The Morgan fingerprint density at radius 2 is 1.22 bits per heavy atom. The number of hydrogen-bond acceptors (Lipinski definition) is 7. The van der Waals surface area contributed by atoms with Crippen LogP contribution in [0, 0.1) is 0 Å². The highest BCUT2D eigenvalue weighted by atomic mass is 16.5. The lowest BCUT2D eigenvalue weighted by Gasteiger charge is -2.29. The number of H-pyrrole nitrogens is 2. The molecule has 0 aliphatic carbocycles. The number of nitrogens with one attached hydrogen (secondary N) is 3. The van der Waals surface area contributed by atoms with Crippen LogP contribution in [0.2, 0.25) is 0 Å². The molecule has 12 nitrogen and oxygen atoms in total. The summed E-state index contributed by atoms with van der Waals surface area (Å²) >= 11 is 0. The number of alkyl carbamates (subject to hydrolysis) is 1. The summed E-state index contributed by atoms with van der Waals surface area (Å²) in [5.41, 5.74) is 6.71. The SMILES string of the molecule is COC(=O)N[C@@H](C(=O)N1CCC[C@H]1c1ncc(-c2ccc(-c3ccc(-c4cnc([C@@H]5CCCN5C(=O)[C@@H]5CCCN5C)[nH]4)cc3)cc2)[nH]1)c1ccccc1. The van der Waals surface area contributed by atoms with Gasteiger partial charge in [0.05, 0.1) is 49.0 Å². The molecule has 3 aliphatic rings. The molecule has 278 valence electrons. The van der Waals surface area contributed by atoms with Crippen LogP contribution in [0.4, 0.5) is 4.79 Å². The predicted molar refractivity (Wildman–Crippen MR) is 205 cm³/mol. The van der Waals surface area contributed by atoms with Crippen molar-refractivity contribution >= 4 is 17.9 Å². The number of rotatable bonds is 9. The van der Waals surface area contributed by atoms with Crippen LogP contribution >= 0.6 is 0 Å². The number of carbonyl (C=O) groups excluding carboxylic acids is 3. The van der Waals surface area contributed by atoms with Gasteiger partial charge in [-0.05, 0) is 79.9 Å². The van der Waals surface area contributed by atoms with Crippen LogP contribution < -0.4 is 5.32 Å². The second kappa shape index (κ2) is 15.3. The molecule has 0 saturated carbocycles. The average molecular weight is 727 g/mol. The fourth-order valence-electron chi connectivity index (χ4n) is 8.31. The Morgan fingerprint density at radius 3 is 1.76 bits per heavy atom. The first kappa shape index (κ1) is 35.3. The number of nitrogens with zero attached hydrogens (tertiary/aromatic N) is 5. The molecule has 0 spiro atoms. The molecular formula is C42H46N8O4. The average Bonchev–Trinajstić information content (AvgIpc) is 4.07. The van der Waals surface area contributed by atoms with Gasteiger partial charge in [-0.25, -0.2) is 14.8 Å². The monoisotopic (exact) mass is 726 g/mol. The Labute approximate surface area is 314 Å². The van der Waals surface area contributed by atoms with Gasteiger partial charge in [0, 0.05) is 13.1 Å². The minimum atomic E-state index is -0.865. The van der Waals surface area contributed by atoms with Crippen molar-refractivity contribution in [2.45, 2.75) is 62.7 Å². The van der Waals surface area contributed by atoms with Gasteiger partial charge in [0.25, 0.3) is 5.91 Å². The normalized spacial score (nSPS) is 20.7. The summed E-state index contributed by atoms with van der Waals surface area (Å²) in [6.45, 7) is 2.33. The van der Waals surface area contributed by atoms with Gasteiger partial charge >= 0.3 is 6.09 Å². The van der Waals surface area contributed by atoms with E-state index in [1.807, 2.05) is 54.7 Å². The maximum atomic E-state index is 13.9. The number of ether oxygens (including phenoxy) is 1. The van der Waals surface area contributed by atoms with Gasteiger partial charge in [0.1, 0.15) is 17.7 Å². The molecule has 3 N–H and O–H groups in total. The van der Waals surface area contributed by atoms with Crippen LogP contribution in [-0.2, 0) is 14.3 Å². The van der Waals surface area contributed by atoms with Crippen molar-refractivity contribution in [3.8, 4) is 33.6 Å². The van der Waals surface area contributed by atoms with E-state index in [1.54, 1.807) is 4.90 Å². The summed E-state index contributed by atoms with van der Waals surface area (Å²) in [5, 5.41) is 2.72. The summed E-state index contributed by atoms with van der Waals surface area (Å²) in [5.74, 6) is 1.61. The first-order valence-electron chi connectivity index (χ1n) is 18.9. The topological polar surface area (TPSA) is 140 Å². The number of carbonyl (C=O) groups is 3. The van der Waals surface area contributed by atoms with Gasteiger partial charge in [-0.3, -0.25) is 14.5 Å². The fraction of sp³-hybridized carbons (Fsp3) is 0.357. The summed E-state index contributed by atoms with van der Waals surface area (Å²) in [4.78, 5) is 61.9. The Kier molecular flexibility index (Phi) is 10.0. The van der Waals surface area contributed by atoms with E-state index in [1.165, 1.54) is 7.11 Å². The highest BCUT2D eigenvalue weighted by Gasteiger charge is 2.39. The Hall–Kier alpha value is -5.75. The van der Waals surface area contributed by atoms with E-state index >= 15 is 0 Å². The molecule has 0 unspecified atom stereocenters. The number of hydrogen-bond donors (Lipinski definition) is 3. The van der Waals surface area contributed by atoms with Crippen molar-refractivity contribution in [1.82, 2.24) is 40.0 Å². The Bertz CT molecular complexity index is 2090. The van der Waals surface area contributed by atoms with Gasteiger partial charge in [-0.1, -0.05) is 78.9 Å². The molecule has 3 amide bonds. The van der Waals surface area contributed by atoms with Crippen LogP contribution in [0.5, 0.6) is 0 Å². The maximum absolute atomic E-state index is 13.9. The molecule has 5 heterocycles. The first-order chi connectivity index (χ1) is 26.4. The first-order valence-corrected chi connectivity index (χ1v) is 18.9. The molecule has 0 radical (unpaired) electrons. The van der Waals surface area contributed by atoms with Crippen LogP contribution in [0.1, 0.15) is 73.9 Å². The predicted octanol–water partition coefficient (Wildman–Crippen LogP) is 6.65. The largest absolute Gasteiger partial charge is 0.453 e. The summed E-state index contributed by atoms with van der Waals surface area (Å²) in [7, 11) is 3.34. The lowest BCUT2D eigenvalue weighted by Crippen LogP contribution is -2.44. The molecule has 3 saturated heterocycles. The fourth-order valence-corrected chi connectivity index (χ4v) is 8.31. The highest BCUT2D eigenvalue weighted by molar-refractivity contribution is 5.87. The standard InChI is InChI=1S/C42H46N8O4/c1-48-22-6-13-36(48)40(51)49-23-7-11-34(49)38-43-25-32(45-38)29-18-14-27(15-19-29)28-16-20-30(21-17-28)33-26-44-39(46-33)35-12-8-24-50(35)41(52)37(47-42(53)54-2)31-9-4-3-5-10-31/h3-5,9-10,14-21,25-26,34-37H,6-8,11-13,22-24H2,1-2H3,(H,43,45)(H,44,46)(H,47,53)/t34-,35-,36-,37+/m0/s1. The number of aromatic nitrogens is 4. The van der Waals surface area contributed by atoms with E-state index in [0.29, 0.717) is 12.1 Å². The van der Waals surface area contributed by atoms with Crippen molar-refractivity contribution in [1.29, 1.82) is 0 Å². The lowest BCUT2D eigenvalue weighted by molar-refractivity contribution is -0.136. The number of benzene rings is 3. The third-order valence-electron chi connectivity index (χ3n) is 11.3. The highest BCUT2D eigenvalue weighted by Crippen LogP contribution is 2.36.